The second kappa shape index (κ2) is 4.74. The Balaban J connectivity index is 1.90. The highest BCUT2D eigenvalue weighted by Gasteiger charge is 2.11. The van der Waals surface area contributed by atoms with E-state index in [4.69, 9.17) is 0 Å². The molecular formula is C15H12FN5S. The topological polar surface area (TPSA) is 55.1 Å². The van der Waals surface area contributed by atoms with Gasteiger partial charge in [-0.1, -0.05) is 11.3 Å². The summed E-state index contributed by atoms with van der Waals surface area (Å²) < 4.78 is 16.9. The number of fused-ring (bicyclic) bond motifs is 2. The first-order chi connectivity index (χ1) is 10.6. The molecule has 0 spiro atoms. The molecular weight excluding hydrogens is 301 g/mol. The SMILES string of the molecule is CNc1nc2cnc(-c3cc(F)c4nc(C)cn4c3)cc2s1. The minimum Gasteiger partial charge on any atom is -0.365 e. The molecule has 0 aliphatic rings. The molecule has 0 unspecified atom stereocenters. The highest BCUT2D eigenvalue weighted by molar-refractivity contribution is 7.22. The number of rotatable bonds is 2. The number of hydrogen-bond donors (Lipinski definition) is 1. The van der Waals surface area contributed by atoms with Gasteiger partial charge in [-0.2, -0.15) is 0 Å². The van der Waals surface area contributed by atoms with Crippen LogP contribution >= 0.6 is 11.3 Å². The highest BCUT2D eigenvalue weighted by Crippen LogP contribution is 2.29. The van der Waals surface area contributed by atoms with Gasteiger partial charge in [-0.25, -0.2) is 14.4 Å². The van der Waals surface area contributed by atoms with E-state index in [-0.39, 0.29) is 5.82 Å². The van der Waals surface area contributed by atoms with Crippen molar-refractivity contribution < 1.29 is 4.39 Å². The molecule has 4 aromatic heterocycles. The predicted octanol–water partition coefficient (Wildman–Crippen LogP) is 3.50. The van der Waals surface area contributed by atoms with Gasteiger partial charge in [0.2, 0.25) is 0 Å². The lowest BCUT2D eigenvalue weighted by molar-refractivity contribution is 0.630. The fourth-order valence-electron chi connectivity index (χ4n) is 2.42. The van der Waals surface area contributed by atoms with Crippen molar-refractivity contribution in [3.05, 3.63) is 42.2 Å². The maximum absolute atomic E-state index is 14.2. The zero-order valence-corrected chi connectivity index (χ0v) is 12.8. The molecule has 22 heavy (non-hydrogen) atoms. The Morgan fingerprint density at radius 1 is 1.23 bits per heavy atom. The van der Waals surface area contributed by atoms with E-state index in [2.05, 4.69) is 20.3 Å². The summed E-state index contributed by atoms with van der Waals surface area (Å²) in [6, 6.07) is 3.40. The van der Waals surface area contributed by atoms with Gasteiger partial charge < -0.3 is 9.72 Å². The monoisotopic (exact) mass is 313 g/mol. The number of anilines is 1. The van der Waals surface area contributed by atoms with Crippen molar-refractivity contribution in [3.63, 3.8) is 0 Å². The molecule has 4 heterocycles. The Labute approximate surface area is 129 Å². The number of imidazole rings is 1. The van der Waals surface area contributed by atoms with Crippen molar-refractivity contribution in [2.45, 2.75) is 6.92 Å². The molecule has 0 radical (unpaired) electrons. The minimum atomic E-state index is -0.354. The summed E-state index contributed by atoms with van der Waals surface area (Å²) in [5.74, 6) is -0.354. The maximum atomic E-state index is 14.2. The quantitative estimate of drug-likeness (QED) is 0.615. The second-order valence-corrected chi connectivity index (χ2v) is 6.03. The Morgan fingerprint density at radius 2 is 2.09 bits per heavy atom. The van der Waals surface area contributed by atoms with Crippen molar-refractivity contribution in [2.24, 2.45) is 0 Å². The predicted molar refractivity (Wildman–Crippen MR) is 85.8 cm³/mol. The molecule has 7 heteroatoms. The third-order valence-corrected chi connectivity index (χ3v) is 4.45. The average molecular weight is 313 g/mol. The molecule has 0 aliphatic carbocycles. The Morgan fingerprint density at radius 3 is 2.91 bits per heavy atom. The van der Waals surface area contributed by atoms with Crippen LogP contribution in [0.5, 0.6) is 0 Å². The molecule has 5 nitrogen and oxygen atoms in total. The van der Waals surface area contributed by atoms with Crippen LogP contribution in [0.1, 0.15) is 5.69 Å². The number of nitrogens with one attached hydrogen (secondary N) is 1. The number of nitrogens with zero attached hydrogens (tertiary/aromatic N) is 4. The van der Waals surface area contributed by atoms with Crippen molar-refractivity contribution in [1.29, 1.82) is 0 Å². The zero-order valence-electron chi connectivity index (χ0n) is 12.0. The minimum absolute atomic E-state index is 0.331. The normalized spacial score (nSPS) is 11.4. The van der Waals surface area contributed by atoms with E-state index in [0.717, 1.165) is 21.0 Å². The van der Waals surface area contributed by atoms with Gasteiger partial charge >= 0.3 is 0 Å². The molecule has 0 atom stereocenters. The summed E-state index contributed by atoms with van der Waals surface area (Å²) in [5, 5.41) is 3.85. The standard InChI is InChI=1S/C15H12FN5S/c1-8-6-21-7-9(3-10(16)14(21)19-8)11-4-13-12(5-18-11)20-15(17-2)22-13/h3-7H,1-2H3,(H,17,20). The maximum Gasteiger partial charge on any atom is 0.183 e. The molecule has 0 bridgehead atoms. The van der Waals surface area contributed by atoms with E-state index < -0.39 is 0 Å². The van der Waals surface area contributed by atoms with Gasteiger partial charge in [-0.05, 0) is 19.1 Å². The van der Waals surface area contributed by atoms with E-state index in [1.165, 1.54) is 6.07 Å². The van der Waals surface area contributed by atoms with E-state index in [1.54, 1.807) is 28.1 Å². The van der Waals surface area contributed by atoms with E-state index in [1.807, 2.05) is 26.2 Å². The van der Waals surface area contributed by atoms with Crippen LogP contribution in [0.3, 0.4) is 0 Å². The number of hydrogen-bond acceptors (Lipinski definition) is 5. The van der Waals surface area contributed by atoms with Gasteiger partial charge in [0.05, 0.1) is 22.3 Å². The van der Waals surface area contributed by atoms with Crippen LogP contribution in [0.2, 0.25) is 0 Å². The highest BCUT2D eigenvalue weighted by atomic mass is 32.1. The molecule has 0 aliphatic heterocycles. The van der Waals surface area contributed by atoms with Crippen LogP contribution in [-0.2, 0) is 0 Å². The smallest absolute Gasteiger partial charge is 0.183 e. The van der Waals surface area contributed by atoms with Gasteiger partial charge in [-0.3, -0.25) is 4.98 Å². The Bertz CT molecular complexity index is 1000. The number of halogens is 1. The molecule has 4 aromatic rings. The summed E-state index contributed by atoms with van der Waals surface area (Å²) in [5.41, 5.74) is 3.37. The van der Waals surface area contributed by atoms with Crippen molar-refractivity contribution in [3.8, 4) is 11.3 Å². The number of thiazole rings is 1. The van der Waals surface area contributed by atoms with Gasteiger partial charge in [0, 0.05) is 25.0 Å². The van der Waals surface area contributed by atoms with Gasteiger partial charge in [0.1, 0.15) is 5.52 Å². The lowest BCUT2D eigenvalue weighted by Gasteiger charge is -2.03. The van der Waals surface area contributed by atoms with Crippen LogP contribution in [-0.4, -0.2) is 26.4 Å². The first kappa shape index (κ1) is 13.1. The van der Waals surface area contributed by atoms with E-state index in [0.29, 0.717) is 16.9 Å². The lowest BCUT2D eigenvalue weighted by atomic mass is 10.2. The van der Waals surface area contributed by atoms with Crippen LogP contribution < -0.4 is 5.32 Å². The Kier molecular flexibility index (Phi) is 2.83. The molecule has 110 valence electrons. The number of pyridine rings is 2. The summed E-state index contributed by atoms with van der Waals surface area (Å²) in [4.78, 5) is 13.0. The molecule has 0 aromatic carbocycles. The van der Waals surface area contributed by atoms with Crippen LogP contribution in [0, 0.1) is 12.7 Å². The third kappa shape index (κ3) is 2.01. The van der Waals surface area contributed by atoms with E-state index in [9.17, 15) is 4.39 Å². The molecule has 1 N–H and O–H groups in total. The zero-order chi connectivity index (χ0) is 15.3. The van der Waals surface area contributed by atoms with E-state index >= 15 is 0 Å². The average Bonchev–Trinajstić information content (AvgIpc) is 3.08. The summed E-state index contributed by atoms with van der Waals surface area (Å²) >= 11 is 1.54. The summed E-state index contributed by atoms with van der Waals surface area (Å²) in [6.07, 6.45) is 5.35. The molecule has 0 saturated carbocycles. The first-order valence-corrected chi connectivity index (χ1v) is 7.55. The van der Waals surface area contributed by atoms with Gasteiger partial charge in [0.25, 0.3) is 0 Å². The van der Waals surface area contributed by atoms with Crippen molar-refractivity contribution >= 4 is 32.3 Å². The van der Waals surface area contributed by atoms with Crippen molar-refractivity contribution in [2.75, 3.05) is 12.4 Å². The van der Waals surface area contributed by atoms with Crippen LogP contribution in [0.25, 0.3) is 27.1 Å². The molecule has 0 fully saturated rings. The fourth-order valence-corrected chi connectivity index (χ4v) is 3.24. The summed E-state index contributed by atoms with van der Waals surface area (Å²) in [6.45, 7) is 1.84. The third-order valence-electron chi connectivity index (χ3n) is 3.41. The lowest BCUT2D eigenvalue weighted by Crippen LogP contribution is -1.92. The number of aromatic nitrogens is 4. The largest absolute Gasteiger partial charge is 0.365 e. The molecule has 0 saturated heterocycles. The van der Waals surface area contributed by atoms with Gasteiger partial charge in [-0.15, -0.1) is 0 Å². The second-order valence-electron chi connectivity index (χ2n) is 5.00. The Hall–Kier alpha value is -2.54. The molecule has 4 rings (SSSR count). The van der Waals surface area contributed by atoms with Gasteiger partial charge in [0.15, 0.2) is 16.6 Å². The fraction of sp³-hybridized carbons (Fsp3) is 0.133. The summed E-state index contributed by atoms with van der Waals surface area (Å²) in [7, 11) is 1.83. The first-order valence-electron chi connectivity index (χ1n) is 6.73. The number of aryl methyl sites for hydroxylation is 1. The molecule has 0 amide bonds. The van der Waals surface area contributed by atoms with Crippen LogP contribution in [0.4, 0.5) is 9.52 Å². The van der Waals surface area contributed by atoms with Crippen LogP contribution in [0.15, 0.2) is 30.7 Å². The van der Waals surface area contributed by atoms with Crippen molar-refractivity contribution in [1.82, 2.24) is 19.4 Å².